The predicted molar refractivity (Wildman–Crippen MR) is 51.9 cm³/mol. The molecule has 86 valence electrons. The first-order chi connectivity index (χ1) is 7.63. The van der Waals surface area contributed by atoms with Crippen molar-refractivity contribution in [2.75, 3.05) is 13.2 Å². The molecule has 0 fully saturated rings. The zero-order chi connectivity index (χ0) is 12.0. The van der Waals surface area contributed by atoms with Crippen molar-refractivity contribution in [2.45, 2.75) is 6.43 Å². The molecule has 16 heavy (non-hydrogen) atoms. The molecule has 5 heteroatoms. The summed E-state index contributed by atoms with van der Waals surface area (Å²) in [5.74, 6) is 4.00. The molecular formula is C11H9F3O2. The van der Waals surface area contributed by atoms with Gasteiger partial charge in [0.1, 0.15) is 24.8 Å². The second-order valence-corrected chi connectivity index (χ2v) is 2.80. The molecule has 0 aliphatic heterocycles. The first kappa shape index (κ1) is 12.4. The zero-order valence-corrected chi connectivity index (χ0v) is 8.21. The highest BCUT2D eigenvalue weighted by Crippen LogP contribution is 2.16. The summed E-state index contributed by atoms with van der Waals surface area (Å²) in [7, 11) is 0. The lowest BCUT2D eigenvalue weighted by atomic mass is 10.2. The Morgan fingerprint density at radius 3 is 2.69 bits per heavy atom. The van der Waals surface area contributed by atoms with Crippen LogP contribution in [0.15, 0.2) is 18.2 Å². The Balaban J connectivity index is 2.74. The van der Waals surface area contributed by atoms with E-state index in [4.69, 9.17) is 5.11 Å². The van der Waals surface area contributed by atoms with E-state index in [0.717, 1.165) is 6.07 Å². The SMILES string of the molecule is OCC#Cc1ccc(OCC(F)F)cc1F. The molecule has 0 aliphatic rings. The van der Waals surface area contributed by atoms with Crippen LogP contribution in [0, 0.1) is 17.7 Å². The average molecular weight is 230 g/mol. The van der Waals surface area contributed by atoms with Gasteiger partial charge >= 0.3 is 0 Å². The van der Waals surface area contributed by atoms with Gasteiger partial charge in [0.25, 0.3) is 6.43 Å². The van der Waals surface area contributed by atoms with Gasteiger partial charge < -0.3 is 9.84 Å². The van der Waals surface area contributed by atoms with Gasteiger partial charge in [0, 0.05) is 6.07 Å². The fourth-order valence-electron chi connectivity index (χ4n) is 0.981. The summed E-state index contributed by atoms with van der Waals surface area (Å²) in [6.45, 7) is -1.15. The quantitative estimate of drug-likeness (QED) is 0.802. The molecular weight excluding hydrogens is 221 g/mol. The third-order valence-electron chi connectivity index (χ3n) is 1.62. The zero-order valence-electron chi connectivity index (χ0n) is 8.21. The van der Waals surface area contributed by atoms with Crippen molar-refractivity contribution in [3.8, 4) is 17.6 Å². The Labute approximate surface area is 90.7 Å². The average Bonchev–Trinajstić information content (AvgIpc) is 2.25. The lowest BCUT2D eigenvalue weighted by Crippen LogP contribution is -2.07. The second-order valence-electron chi connectivity index (χ2n) is 2.80. The van der Waals surface area contributed by atoms with Crippen molar-refractivity contribution < 1.29 is 23.0 Å². The van der Waals surface area contributed by atoms with E-state index < -0.39 is 18.8 Å². The number of aliphatic hydroxyl groups excluding tert-OH is 1. The molecule has 0 atom stereocenters. The number of halogens is 3. The Morgan fingerprint density at radius 1 is 1.38 bits per heavy atom. The van der Waals surface area contributed by atoms with E-state index in [0.29, 0.717) is 0 Å². The number of ether oxygens (including phenoxy) is 1. The maximum absolute atomic E-state index is 13.2. The van der Waals surface area contributed by atoms with E-state index >= 15 is 0 Å². The number of benzene rings is 1. The second kappa shape index (κ2) is 6.03. The van der Waals surface area contributed by atoms with Crippen LogP contribution >= 0.6 is 0 Å². The fourth-order valence-corrected chi connectivity index (χ4v) is 0.981. The molecule has 0 saturated carbocycles. The minimum absolute atomic E-state index is 0.0207. The third kappa shape index (κ3) is 3.83. The largest absolute Gasteiger partial charge is 0.488 e. The third-order valence-corrected chi connectivity index (χ3v) is 1.62. The molecule has 1 N–H and O–H groups in total. The molecule has 0 spiro atoms. The van der Waals surface area contributed by atoms with Crippen molar-refractivity contribution in [3.05, 3.63) is 29.6 Å². The van der Waals surface area contributed by atoms with Crippen molar-refractivity contribution in [1.29, 1.82) is 0 Å². The lowest BCUT2D eigenvalue weighted by molar-refractivity contribution is 0.0817. The summed E-state index contributed by atoms with van der Waals surface area (Å²) in [6.07, 6.45) is -2.60. The number of hydrogen-bond donors (Lipinski definition) is 1. The van der Waals surface area contributed by atoms with Crippen molar-refractivity contribution in [3.63, 3.8) is 0 Å². The highest BCUT2D eigenvalue weighted by Gasteiger charge is 2.06. The summed E-state index contributed by atoms with van der Waals surface area (Å²) in [5, 5.41) is 8.41. The van der Waals surface area contributed by atoms with E-state index in [-0.39, 0.29) is 17.9 Å². The number of aliphatic hydroxyl groups is 1. The smallest absolute Gasteiger partial charge is 0.272 e. The Bertz CT molecular complexity index is 407. The number of hydrogen-bond acceptors (Lipinski definition) is 2. The normalized spacial score (nSPS) is 9.81. The summed E-state index contributed by atoms with van der Waals surface area (Å²) in [4.78, 5) is 0. The molecule has 0 heterocycles. The van der Waals surface area contributed by atoms with Gasteiger partial charge in [-0.05, 0) is 12.1 Å². The fraction of sp³-hybridized carbons (Fsp3) is 0.273. The van der Waals surface area contributed by atoms with Crippen molar-refractivity contribution in [2.24, 2.45) is 0 Å². The van der Waals surface area contributed by atoms with Crippen molar-refractivity contribution >= 4 is 0 Å². The first-order valence-corrected chi connectivity index (χ1v) is 4.43. The molecule has 0 amide bonds. The van der Waals surface area contributed by atoms with Gasteiger partial charge in [-0.15, -0.1) is 0 Å². The summed E-state index contributed by atoms with van der Waals surface area (Å²) in [5.41, 5.74) is 0.0819. The number of rotatable bonds is 3. The minimum atomic E-state index is -2.60. The maximum atomic E-state index is 13.2. The van der Waals surface area contributed by atoms with E-state index in [9.17, 15) is 13.2 Å². The predicted octanol–water partition coefficient (Wildman–Crippen LogP) is 1.81. The molecule has 0 aliphatic carbocycles. The molecule has 2 nitrogen and oxygen atoms in total. The first-order valence-electron chi connectivity index (χ1n) is 4.43. The maximum Gasteiger partial charge on any atom is 0.272 e. The van der Waals surface area contributed by atoms with E-state index in [1.807, 2.05) is 0 Å². The lowest BCUT2D eigenvalue weighted by Gasteiger charge is -2.05. The van der Waals surface area contributed by atoms with Gasteiger partial charge in [0.2, 0.25) is 0 Å². The van der Waals surface area contributed by atoms with Crippen LogP contribution in [-0.2, 0) is 0 Å². The monoisotopic (exact) mass is 230 g/mol. The minimum Gasteiger partial charge on any atom is -0.488 e. The Kier molecular flexibility index (Phi) is 4.67. The molecule has 0 saturated heterocycles. The summed E-state index contributed by atoms with van der Waals surface area (Å²) >= 11 is 0. The van der Waals surface area contributed by atoms with Crippen molar-refractivity contribution in [1.82, 2.24) is 0 Å². The van der Waals surface area contributed by atoms with Gasteiger partial charge in [-0.1, -0.05) is 11.8 Å². The molecule has 0 bridgehead atoms. The molecule has 1 rings (SSSR count). The number of alkyl halides is 2. The van der Waals surface area contributed by atoms with Crippen LogP contribution in [-0.4, -0.2) is 24.7 Å². The van der Waals surface area contributed by atoms with Gasteiger partial charge in [0.15, 0.2) is 0 Å². The summed E-state index contributed by atoms with van der Waals surface area (Å²) in [6, 6.07) is 3.62. The van der Waals surface area contributed by atoms with E-state index in [1.54, 1.807) is 0 Å². The van der Waals surface area contributed by atoms with E-state index in [2.05, 4.69) is 16.6 Å². The molecule has 0 radical (unpaired) electrons. The standard InChI is InChI=1S/C11H9F3O2/c12-10-6-9(16-7-11(13)14)4-3-8(10)2-1-5-15/h3-4,6,11,15H,5,7H2. The van der Waals surface area contributed by atoms with Gasteiger partial charge in [0.05, 0.1) is 5.56 Å². The van der Waals surface area contributed by atoms with Gasteiger partial charge in [-0.2, -0.15) is 0 Å². The molecule has 1 aromatic rings. The van der Waals surface area contributed by atoms with Crippen LogP contribution in [0.4, 0.5) is 13.2 Å². The summed E-state index contributed by atoms with van der Waals surface area (Å²) < 4.78 is 41.5. The highest BCUT2D eigenvalue weighted by atomic mass is 19.3. The van der Waals surface area contributed by atoms with Crippen LogP contribution in [0.25, 0.3) is 0 Å². The Morgan fingerprint density at radius 2 is 2.12 bits per heavy atom. The van der Waals surface area contributed by atoms with E-state index in [1.165, 1.54) is 12.1 Å². The van der Waals surface area contributed by atoms with Crippen LogP contribution in [0.3, 0.4) is 0 Å². The molecule has 1 aromatic carbocycles. The Hall–Kier alpha value is -1.67. The van der Waals surface area contributed by atoms with Gasteiger partial charge in [-0.3, -0.25) is 0 Å². The van der Waals surface area contributed by atoms with Crippen LogP contribution in [0.5, 0.6) is 5.75 Å². The topological polar surface area (TPSA) is 29.5 Å². The van der Waals surface area contributed by atoms with Gasteiger partial charge in [-0.25, -0.2) is 13.2 Å². The van der Waals surface area contributed by atoms with Crippen LogP contribution < -0.4 is 4.74 Å². The highest BCUT2D eigenvalue weighted by molar-refractivity contribution is 5.39. The van der Waals surface area contributed by atoms with Crippen LogP contribution in [0.2, 0.25) is 0 Å². The van der Waals surface area contributed by atoms with Crippen LogP contribution in [0.1, 0.15) is 5.56 Å². The molecule has 0 aromatic heterocycles. The molecule has 0 unspecified atom stereocenters.